The minimum Gasteiger partial charge on any atom is -0.480 e. The van der Waals surface area contributed by atoms with Crippen molar-refractivity contribution in [3.63, 3.8) is 0 Å². The molecule has 0 aliphatic heterocycles. The first-order valence-electron chi connectivity index (χ1n) is 12.2. The molecule has 4 rings (SSSR count). The minimum atomic E-state index is -1.43. The number of ether oxygens (including phenoxy) is 1. The SMILES string of the molecule is O=C(NC(CC1CCCCC1)C(=O)N[C@@H](CO)C(=O)O)OCC1c2ccccc2-c2ccccc21. The van der Waals surface area contributed by atoms with Gasteiger partial charge >= 0.3 is 12.1 Å². The number of benzene rings is 2. The minimum absolute atomic E-state index is 0.107. The van der Waals surface area contributed by atoms with Gasteiger partial charge in [-0.25, -0.2) is 9.59 Å². The van der Waals surface area contributed by atoms with Gasteiger partial charge in [0.15, 0.2) is 0 Å². The molecule has 0 heterocycles. The molecule has 2 aliphatic rings. The molecule has 0 spiro atoms. The normalized spacial score (nSPS) is 17.1. The van der Waals surface area contributed by atoms with Crippen LogP contribution in [0.1, 0.15) is 55.6 Å². The van der Waals surface area contributed by atoms with Gasteiger partial charge in [0.05, 0.1) is 6.61 Å². The number of hydrogen-bond donors (Lipinski definition) is 4. The molecule has 8 heteroatoms. The van der Waals surface area contributed by atoms with E-state index in [1.165, 1.54) is 0 Å². The average molecular weight is 481 g/mol. The van der Waals surface area contributed by atoms with Crippen molar-refractivity contribution in [2.75, 3.05) is 13.2 Å². The average Bonchev–Trinajstić information content (AvgIpc) is 3.19. The van der Waals surface area contributed by atoms with Crippen LogP contribution in [0.3, 0.4) is 0 Å². The molecule has 0 radical (unpaired) electrons. The zero-order valence-corrected chi connectivity index (χ0v) is 19.6. The molecule has 2 aliphatic carbocycles. The summed E-state index contributed by atoms with van der Waals surface area (Å²) in [5.74, 6) is -1.82. The Labute approximate surface area is 204 Å². The van der Waals surface area contributed by atoms with E-state index in [4.69, 9.17) is 4.74 Å². The van der Waals surface area contributed by atoms with E-state index >= 15 is 0 Å². The Bertz CT molecular complexity index is 1020. The maximum atomic E-state index is 12.9. The zero-order chi connectivity index (χ0) is 24.8. The second kappa shape index (κ2) is 11.4. The van der Waals surface area contributed by atoms with Crippen molar-refractivity contribution in [2.24, 2.45) is 5.92 Å². The number of rotatable bonds is 9. The van der Waals surface area contributed by atoms with Crippen LogP contribution in [-0.4, -0.2) is 53.5 Å². The first-order chi connectivity index (χ1) is 17.0. The number of hydrogen-bond acceptors (Lipinski definition) is 5. The van der Waals surface area contributed by atoms with Crippen molar-refractivity contribution >= 4 is 18.0 Å². The van der Waals surface area contributed by atoms with E-state index in [9.17, 15) is 24.6 Å². The van der Waals surface area contributed by atoms with Gasteiger partial charge in [-0.2, -0.15) is 0 Å². The van der Waals surface area contributed by atoms with Gasteiger partial charge in [-0.05, 0) is 34.6 Å². The number of carbonyl (C=O) groups is 3. The smallest absolute Gasteiger partial charge is 0.407 e. The van der Waals surface area contributed by atoms with Crippen LogP contribution in [0.5, 0.6) is 0 Å². The summed E-state index contributed by atoms with van der Waals surface area (Å²) in [7, 11) is 0. The van der Waals surface area contributed by atoms with Gasteiger partial charge in [0.1, 0.15) is 18.7 Å². The molecular formula is C27H32N2O6. The van der Waals surface area contributed by atoms with Crippen LogP contribution in [0.4, 0.5) is 4.79 Å². The van der Waals surface area contributed by atoms with E-state index in [2.05, 4.69) is 22.8 Å². The number of carbonyl (C=O) groups excluding carboxylic acids is 2. The molecule has 2 atom stereocenters. The molecule has 35 heavy (non-hydrogen) atoms. The molecular weight excluding hydrogens is 448 g/mol. The van der Waals surface area contributed by atoms with Gasteiger partial charge in [-0.1, -0.05) is 80.6 Å². The lowest BCUT2D eigenvalue weighted by Crippen LogP contribution is -2.53. The van der Waals surface area contributed by atoms with Crippen LogP contribution in [0, 0.1) is 5.92 Å². The van der Waals surface area contributed by atoms with E-state index < -0.39 is 36.7 Å². The topological polar surface area (TPSA) is 125 Å². The standard InChI is InChI=1S/C27H32N2O6/c30-15-24(26(32)33)28-25(31)23(14-17-8-2-1-3-9-17)29-27(34)35-16-22-20-12-6-4-10-18(20)19-11-5-7-13-21(19)22/h4-7,10-13,17,22-24,30H,1-3,8-9,14-16H2,(H,28,31)(H,29,34)(H,32,33)/t23?,24-/m0/s1. The molecule has 8 nitrogen and oxygen atoms in total. The Kier molecular flexibility index (Phi) is 8.02. The second-order valence-electron chi connectivity index (χ2n) is 9.34. The highest BCUT2D eigenvalue weighted by Gasteiger charge is 2.32. The Hall–Kier alpha value is -3.39. The van der Waals surface area contributed by atoms with Crippen LogP contribution in [0.25, 0.3) is 11.1 Å². The van der Waals surface area contributed by atoms with E-state index in [-0.39, 0.29) is 18.4 Å². The van der Waals surface area contributed by atoms with Gasteiger partial charge in [0, 0.05) is 5.92 Å². The number of aliphatic carboxylic acids is 1. The van der Waals surface area contributed by atoms with Crippen molar-refractivity contribution in [1.29, 1.82) is 0 Å². The number of nitrogens with one attached hydrogen (secondary N) is 2. The predicted octanol–water partition coefficient (Wildman–Crippen LogP) is 3.43. The largest absolute Gasteiger partial charge is 0.480 e. The van der Waals surface area contributed by atoms with Gasteiger partial charge in [-0.3, -0.25) is 4.79 Å². The van der Waals surface area contributed by atoms with E-state index in [1.807, 2.05) is 36.4 Å². The van der Waals surface area contributed by atoms with Crippen LogP contribution < -0.4 is 10.6 Å². The molecule has 1 saturated carbocycles. The molecule has 1 fully saturated rings. The third kappa shape index (κ3) is 5.82. The predicted molar refractivity (Wildman–Crippen MR) is 130 cm³/mol. The van der Waals surface area contributed by atoms with Crippen molar-refractivity contribution < 1.29 is 29.3 Å². The highest BCUT2D eigenvalue weighted by atomic mass is 16.5. The second-order valence-corrected chi connectivity index (χ2v) is 9.34. The number of carboxylic acids is 1. The summed E-state index contributed by atoms with van der Waals surface area (Å²) >= 11 is 0. The summed E-state index contributed by atoms with van der Waals surface area (Å²) in [5.41, 5.74) is 4.42. The van der Waals surface area contributed by atoms with Crippen LogP contribution >= 0.6 is 0 Å². The molecule has 2 amide bonds. The lowest BCUT2D eigenvalue weighted by atomic mass is 9.84. The maximum Gasteiger partial charge on any atom is 0.407 e. The number of aliphatic hydroxyl groups is 1. The Morgan fingerprint density at radius 1 is 0.886 bits per heavy atom. The molecule has 0 aromatic heterocycles. The van der Waals surface area contributed by atoms with E-state index in [1.54, 1.807) is 0 Å². The van der Waals surface area contributed by atoms with Gasteiger partial charge in [0.2, 0.25) is 5.91 Å². The molecule has 0 bridgehead atoms. The molecule has 1 unspecified atom stereocenters. The van der Waals surface area contributed by atoms with Crippen molar-refractivity contribution in [3.8, 4) is 11.1 Å². The van der Waals surface area contributed by atoms with Gasteiger partial charge < -0.3 is 25.6 Å². The third-order valence-electron chi connectivity index (χ3n) is 7.04. The zero-order valence-electron chi connectivity index (χ0n) is 19.6. The number of carboxylic acid groups (broad SMARTS) is 1. The highest BCUT2D eigenvalue weighted by molar-refractivity contribution is 5.89. The first-order valence-corrected chi connectivity index (χ1v) is 12.2. The summed E-state index contributed by atoms with van der Waals surface area (Å²) in [6.07, 6.45) is 4.87. The number of amides is 2. The molecule has 2 aromatic rings. The third-order valence-corrected chi connectivity index (χ3v) is 7.04. The molecule has 2 aromatic carbocycles. The maximum absolute atomic E-state index is 12.9. The lowest BCUT2D eigenvalue weighted by Gasteiger charge is -2.27. The summed E-state index contributed by atoms with van der Waals surface area (Å²) in [6, 6.07) is 13.7. The quantitative estimate of drug-likeness (QED) is 0.436. The Balaban J connectivity index is 1.43. The lowest BCUT2D eigenvalue weighted by molar-refractivity contribution is -0.143. The summed E-state index contributed by atoms with van der Waals surface area (Å²) in [4.78, 5) is 36.9. The number of fused-ring (bicyclic) bond motifs is 3. The summed E-state index contributed by atoms with van der Waals surface area (Å²) in [6.45, 7) is -0.617. The molecule has 4 N–H and O–H groups in total. The van der Waals surface area contributed by atoms with E-state index in [0.29, 0.717) is 6.42 Å². The number of alkyl carbamates (subject to hydrolysis) is 1. The van der Waals surface area contributed by atoms with Crippen molar-refractivity contribution in [3.05, 3.63) is 59.7 Å². The summed E-state index contributed by atoms with van der Waals surface area (Å²) < 4.78 is 5.59. The van der Waals surface area contributed by atoms with Crippen LogP contribution in [0.15, 0.2) is 48.5 Å². The molecule has 0 saturated heterocycles. The fraction of sp³-hybridized carbons (Fsp3) is 0.444. The Morgan fingerprint density at radius 3 is 2.06 bits per heavy atom. The van der Waals surface area contributed by atoms with Crippen LogP contribution in [-0.2, 0) is 14.3 Å². The fourth-order valence-electron chi connectivity index (χ4n) is 5.23. The number of aliphatic hydroxyl groups excluding tert-OH is 1. The fourth-order valence-corrected chi connectivity index (χ4v) is 5.23. The highest BCUT2D eigenvalue weighted by Crippen LogP contribution is 2.44. The monoisotopic (exact) mass is 480 g/mol. The van der Waals surface area contributed by atoms with E-state index in [0.717, 1.165) is 54.4 Å². The van der Waals surface area contributed by atoms with Gasteiger partial charge in [-0.15, -0.1) is 0 Å². The van der Waals surface area contributed by atoms with Crippen molar-refractivity contribution in [2.45, 2.75) is 56.5 Å². The van der Waals surface area contributed by atoms with Crippen molar-refractivity contribution in [1.82, 2.24) is 10.6 Å². The first kappa shape index (κ1) is 24.7. The Morgan fingerprint density at radius 2 is 1.49 bits per heavy atom. The van der Waals surface area contributed by atoms with Gasteiger partial charge in [0.25, 0.3) is 0 Å². The summed E-state index contributed by atoms with van der Waals surface area (Å²) in [5, 5.41) is 23.5. The van der Waals surface area contributed by atoms with Crippen LogP contribution in [0.2, 0.25) is 0 Å². The molecule has 186 valence electrons.